The maximum Gasteiger partial charge on any atom is 0.166 e. The van der Waals surface area contributed by atoms with E-state index in [1.54, 1.807) is 18.2 Å². The van der Waals surface area contributed by atoms with E-state index < -0.39 is 0 Å². The summed E-state index contributed by atoms with van der Waals surface area (Å²) in [5.74, 6) is -0.377. The van der Waals surface area contributed by atoms with Crippen LogP contribution in [0.2, 0.25) is 5.02 Å². The van der Waals surface area contributed by atoms with E-state index in [2.05, 4.69) is 10.5 Å². The zero-order valence-electron chi connectivity index (χ0n) is 10.3. The van der Waals surface area contributed by atoms with Gasteiger partial charge in [0, 0.05) is 10.6 Å². The molecule has 0 aliphatic carbocycles. The number of nitrogens with zero attached hydrogens (tertiary/aromatic N) is 1. The molecule has 0 radical (unpaired) electrons. The summed E-state index contributed by atoms with van der Waals surface area (Å²) in [7, 11) is 0. The highest BCUT2D eigenvalue weighted by atomic mass is 35.5. The van der Waals surface area contributed by atoms with Gasteiger partial charge in [0.2, 0.25) is 0 Å². The van der Waals surface area contributed by atoms with Crippen molar-refractivity contribution in [1.82, 2.24) is 0 Å². The lowest BCUT2D eigenvalue weighted by atomic mass is 10.2. The first-order valence-electron chi connectivity index (χ1n) is 5.64. The number of phenolic OH excluding ortho intramolecular Hbond substituents is 2. The molecule has 4 nitrogen and oxygen atoms in total. The molecule has 0 atom stereocenters. The quantitative estimate of drug-likeness (QED) is 0.457. The first kappa shape index (κ1) is 13.2. The normalized spacial score (nSPS) is 10.8. The maximum atomic E-state index is 9.59. The van der Waals surface area contributed by atoms with Gasteiger partial charge in [0.1, 0.15) is 0 Å². The summed E-state index contributed by atoms with van der Waals surface area (Å²) in [5, 5.41) is 23.6. The molecule has 0 heterocycles. The third-order valence-corrected chi connectivity index (χ3v) is 3.02. The zero-order valence-corrected chi connectivity index (χ0v) is 11.0. The van der Waals surface area contributed by atoms with Crippen molar-refractivity contribution in [3.8, 4) is 11.5 Å². The number of halogens is 1. The van der Waals surface area contributed by atoms with Crippen LogP contribution >= 0.6 is 11.6 Å². The van der Waals surface area contributed by atoms with Gasteiger partial charge >= 0.3 is 0 Å². The van der Waals surface area contributed by atoms with Crippen LogP contribution in [0.15, 0.2) is 41.5 Å². The third-order valence-electron chi connectivity index (χ3n) is 2.62. The lowest BCUT2D eigenvalue weighted by Crippen LogP contribution is -1.91. The van der Waals surface area contributed by atoms with Gasteiger partial charge < -0.3 is 10.2 Å². The van der Waals surface area contributed by atoms with Gasteiger partial charge in [-0.25, -0.2) is 0 Å². The second kappa shape index (κ2) is 5.63. The van der Waals surface area contributed by atoms with Gasteiger partial charge in [-0.3, -0.25) is 5.43 Å². The highest BCUT2D eigenvalue weighted by Crippen LogP contribution is 2.26. The Bertz CT molecular complexity index is 627. The Morgan fingerprint density at radius 1 is 1.21 bits per heavy atom. The number of hydrazone groups is 1. The van der Waals surface area contributed by atoms with E-state index in [1.807, 2.05) is 19.1 Å². The van der Waals surface area contributed by atoms with Crippen LogP contribution in [-0.4, -0.2) is 16.4 Å². The fourth-order valence-electron chi connectivity index (χ4n) is 1.49. The standard InChI is InChI=1S/C14H13ClN2O2/c1-9-5-6-11(7-12(9)15)17-16-8-10-3-2-4-13(18)14(10)19/h2-8,17-19H,1H3. The van der Waals surface area contributed by atoms with Crippen molar-refractivity contribution >= 4 is 23.5 Å². The first-order valence-corrected chi connectivity index (χ1v) is 6.02. The molecule has 0 aliphatic heterocycles. The number of nitrogens with one attached hydrogen (secondary N) is 1. The predicted molar refractivity (Wildman–Crippen MR) is 77.2 cm³/mol. The lowest BCUT2D eigenvalue weighted by molar-refractivity contribution is 0.403. The number of rotatable bonds is 3. The van der Waals surface area contributed by atoms with E-state index in [4.69, 9.17) is 11.6 Å². The molecule has 19 heavy (non-hydrogen) atoms. The third kappa shape index (κ3) is 3.17. The first-order chi connectivity index (χ1) is 9.08. The number of phenols is 2. The zero-order chi connectivity index (χ0) is 13.8. The molecule has 0 bridgehead atoms. The van der Waals surface area contributed by atoms with Crippen LogP contribution in [-0.2, 0) is 0 Å². The molecular weight excluding hydrogens is 264 g/mol. The van der Waals surface area contributed by atoms with Gasteiger partial charge in [-0.05, 0) is 36.8 Å². The number of para-hydroxylation sites is 1. The van der Waals surface area contributed by atoms with Crippen molar-refractivity contribution < 1.29 is 10.2 Å². The molecule has 0 spiro atoms. The van der Waals surface area contributed by atoms with E-state index in [9.17, 15) is 10.2 Å². The summed E-state index contributed by atoms with van der Waals surface area (Å²) in [6.07, 6.45) is 1.42. The van der Waals surface area contributed by atoms with Crippen molar-refractivity contribution in [1.29, 1.82) is 0 Å². The van der Waals surface area contributed by atoms with Crippen molar-refractivity contribution in [2.75, 3.05) is 5.43 Å². The fraction of sp³-hybridized carbons (Fsp3) is 0.0714. The molecule has 0 saturated carbocycles. The second-order valence-electron chi connectivity index (χ2n) is 4.05. The number of benzene rings is 2. The van der Waals surface area contributed by atoms with Crippen molar-refractivity contribution in [2.24, 2.45) is 5.10 Å². The summed E-state index contributed by atoms with van der Waals surface area (Å²) >= 11 is 5.99. The topological polar surface area (TPSA) is 64.9 Å². The summed E-state index contributed by atoms with van der Waals surface area (Å²) < 4.78 is 0. The van der Waals surface area contributed by atoms with Crippen LogP contribution in [0, 0.1) is 6.92 Å². The maximum absolute atomic E-state index is 9.59. The van der Waals surface area contributed by atoms with Crippen LogP contribution in [0.5, 0.6) is 11.5 Å². The van der Waals surface area contributed by atoms with E-state index >= 15 is 0 Å². The van der Waals surface area contributed by atoms with Crippen LogP contribution < -0.4 is 5.43 Å². The van der Waals surface area contributed by atoms with Crippen molar-refractivity contribution in [3.05, 3.63) is 52.5 Å². The molecule has 0 aliphatic rings. The Labute approximate surface area is 116 Å². The van der Waals surface area contributed by atoms with E-state index in [0.717, 1.165) is 11.3 Å². The number of hydrogen-bond donors (Lipinski definition) is 3. The molecule has 2 rings (SSSR count). The average molecular weight is 277 g/mol. The molecule has 3 N–H and O–H groups in total. The summed E-state index contributed by atoms with van der Waals surface area (Å²) in [5.41, 5.74) is 4.95. The van der Waals surface area contributed by atoms with Crippen LogP contribution in [0.1, 0.15) is 11.1 Å². The van der Waals surface area contributed by atoms with Gasteiger partial charge in [-0.15, -0.1) is 0 Å². The summed E-state index contributed by atoms with van der Waals surface area (Å²) in [4.78, 5) is 0. The molecule has 2 aromatic rings. The summed E-state index contributed by atoms with van der Waals surface area (Å²) in [6, 6.07) is 10.2. The molecule has 0 fully saturated rings. The number of hydrogen-bond acceptors (Lipinski definition) is 4. The minimum Gasteiger partial charge on any atom is -0.504 e. The Morgan fingerprint density at radius 2 is 2.00 bits per heavy atom. The highest BCUT2D eigenvalue weighted by Gasteiger charge is 2.02. The molecule has 98 valence electrons. The second-order valence-corrected chi connectivity index (χ2v) is 4.46. The molecule has 2 aromatic carbocycles. The van der Waals surface area contributed by atoms with Crippen LogP contribution in [0.25, 0.3) is 0 Å². The average Bonchev–Trinajstić information content (AvgIpc) is 2.39. The molecule has 0 saturated heterocycles. The minimum absolute atomic E-state index is 0.178. The molecule has 5 heteroatoms. The van der Waals surface area contributed by atoms with Gasteiger partial charge in [-0.2, -0.15) is 5.10 Å². The number of anilines is 1. The monoisotopic (exact) mass is 276 g/mol. The Hall–Kier alpha value is -2.20. The van der Waals surface area contributed by atoms with Crippen LogP contribution in [0.4, 0.5) is 5.69 Å². The number of aryl methyl sites for hydroxylation is 1. The van der Waals surface area contributed by atoms with Crippen molar-refractivity contribution in [2.45, 2.75) is 6.92 Å². The van der Waals surface area contributed by atoms with E-state index in [1.165, 1.54) is 12.3 Å². The van der Waals surface area contributed by atoms with E-state index in [0.29, 0.717) is 10.6 Å². The predicted octanol–water partition coefficient (Wildman–Crippen LogP) is 3.51. The van der Waals surface area contributed by atoms with Gasteiger partial charge in [0.15, 0.2) is 11.5 Å². The number of aromatic hydroxyl groups is 2. The Kier molecular flexibility index (Phi) is 3.92. The minimum atomic E-state index is -0.199. The Morgan fingerprint density at radius 3 is 2.74 bits per heavy atom. The lowest BCUT2D eigenvalue weighted by Gasteiger charge is -2.03. The molecular formula is C14H13ClN2O2. The molecule has 0 unspecified atom stereocenters. The van der Waals surface area contributed by atoms with Crippen LogP contribution in [0.3, 0.4) is 0 Å². The SMILES string of the molecule is Cc1ccc(NN=Cc2cccc(O)c2O)cc1Cl. The smallest absolute Gasteiger partial charge is 0.166 e. The van der Waals surface area contributed by atoms with Gasteiger partial charge in [0.05, 0.1) is 11.9 Å². The Balaban J connectivity index is 2.11. The van der Waals surface area contributed by atoms with Gasteiger partial charge in [-0.1, -0.05) is 23.7 Å². The molecule has 0 amide bonds. The highest BCUT2D eigenvalue weighted by molar-refractivity contribution is 6.31. The van der Waals surface area contributed by atoms with Gasteiger partial charge in [0.25, 0.3) is 0 Å². The summed E-state index contributed by atoms with van der Waals surface area (Å²) in [6.45, 7) is 1.92. The fourth-order valence-corrected chi connectivity index (χ4v) is 1.67. The largest absolute Gasteiger partial charge is 0.504 e. The van der Waals surface area contributed by atoms with Crippen molar-refractivity contribution in [3.63, 3.8) is 0 Å². The molecule has 0 aromatic heterocycles. The van der Waals surface area contributed by atoms with E-state index in [-0.39, 0.29) is 11.5 Å².